The Kier molecular flexibility index (Phi) is 6.53. The molecule has 1 aliphatic carbocycles. The van der Waals surface area contributed by atoms with Crippen LogP contribution in [0.4, 0.5) is 5.69 Å². The summed E-state index contributed by atoms with van der Waals surface area (Å²) in [5.74, 6) is 0.912. The predicted octanol–water partition coefficient (Wildman–Crippen LogP) is 5.89. The van der Waals surface area contributed by atoms with Gasteiger partial charge in [0.15, 0.2) is 0 Å². The number of halogens is 1. The van der Waals surface area contributed by atoms with E-state index in [9.17, 15) is 9.59 Å². The van der Waals surface area contributed by atoms with Crippen LogP contribution < -0.4 is 14.4 Å². The normalized spacial score (nSPS) is 15.8. The second kappa shape index (κ2) is 10.2. The Morgan fingerprint density at radius 3 is 2.44 bits per heavy atom. The number of aromatic nitrogens is 1. The lowest BCUT2D eigenvalue weighted by atomic mass is 9.96. The highest BCUT2D eigenvalue weighted by Crippen LogP contribution is 2.45. The molecule has 4 aromatic rings. The maximum Gasteiger partial charge on any atom is 0.254 e. The van der Waals surface area contributed by atoms with Crippen molar-refractivity contribution in [3.63, 3.8) is 0 Å². The van der Waals surface area contributed by atoms with Crippen LogP contribution in [0.3, 0.4) is 0 Å². The van der Waals surface area contributed by atoms with Gasteiger partial charge in [-0.3, -0.25) is 14.5 Å². The van der Waals surface area contributed by atoms with E-state index in [2.05, 4.69) is 4.57 Å². The van der Waals surface area contributed by atoms with Gasteiger partial charge in [-0.2, -0.15) is 0 Å². The van der Waals surface area contributed by atoms with Crippen molar-refractivity contribution in [3.05, 3.63) is 107 Å². The quantitative estimate of drug-likeness (QED) is 0.293. The fourth-order valence-corrected chi connectivity index (χ4v) is 5.56. The van der Waals surface area contributed by atoms with Crippen molar-refractivity contribution in [2.45, 2.75) is 24.9 Å². The van der Waals surface area contributed by atoms with E-state index in [0.717, 1.165) is 35.5 Å². The minimum Gasteiger partial charge on any atom is -0.497 e. The van der Waals surface area contributed by atoms with E-state index >= 15 is 0 Å². The van der Waals surface area contributed by atoms with Gasteiger partial charge in [-0.25, -0.2) is 0 Å². The van der Waals surface area contributed by atoms with Crippen LogP contribution in [0.1, 0.15) is 40.5 Å². The van der Waals surface area contributed by atoms with Crippen molar-refractivity contribution in [2.75, 3.05) is 25.7 Å². The number of anilines is 1. The molecule has 39 heavy (non-hydrogen) atoms. The molecule has 2 heterocycles. The lowest BCUT2D eigenvalue weighted by Crippen LogP contribution is -2.47. The topological polar surface area (TPSA) is 64.0 Å². The zero-order valence-corrected chi connectivity index (χ0v) is 22.5. The van der Waals surface area contributed by atoms with Crippen molar-refractivity contribution in [1.82, 2.24) is 9.47 Å². The number of hydrogen-bond donors (Lipinski definition) is 0. The minimum absolute atomic E-state index is 0.0223. The van der Waals surface area contributed by atoms with E-state index in [1.165, 1.54) is 0 Å². The summed E-state index contributed by atoms with van der Waals surface area (Å²) in [6.07, 6.45) is 3.73. The Labute approximate surface area is 232 Å². The minimum atomic E-state index is -0.505. The van der Waals surface area contributed by atoms with Crippen LogP contribution in [0.25, 0.3) is 5.69 Å². The molecule has 8 heteroatoms. The lowest BCUT2D eigenvalue weighted by molar-refractivity contribution is -0.119. The SMILES string of the molecule is COc1ccc(OC)c(C2c3cccn3-c3ccccc3N2C(=O)CN(C(=O)c2cccc(Cl)c2)C2CC2)c1. The third-order valence-corrected chi connectivity index (χ3v) is 7.58. The monoisotopic (exact) mass is 541 g/mol. The molecule has 1 fully saturated rings. The number of benzene rings is 3. The standard InChI is InChI=1S/C31H28ClN3O4/c1-38-23-14-15-28(39-2)24(18-23)30-27-11-6-16-33(27)25-9-3-4-10-26(25)35(30)29(36)19-34(22-12-13-22)31(37)20-7-5-8-21(32)17-20/h3-11,14-18,22,30H,12-13,19H2,1-2H3. The molecule has 1 aliphatic heterocycles. The van der Waals surface area contributed by atoms with Gasteiger partial charge >= 0.3 is 0 Å². The van der Waals surface area contributed by atoms with E-state index in [4.69, 9.17) is 21.1 Å². The van der Waals surface area contributed by atoms with Gasteiger partial charge in [0.25, 0.3) is 5.91 Å². The molecule has 1 aromatic heterocycles. The molecule has 6 rings (SSSR count). The van der Waals surface area contributed by atoms with Crippen molar-refractivity contribution in [1.29, 1.82) is 0 Å². The van der Waals surface area contributed by atoms with Crippen LogP contribution in [-0.4, -0.2) is 48.1 Å². The number of carbonyl (C=O) groups excluding carboxylic acids is 2. The van der Waals surface area contributed by atoms with Crippen molar-refractivity contribution in [3.8, 4) is 17.2 Å². The number of carbonyl (C=O) groups is 2. The summed E-state index contributed by atoms with van der Waals surface area (Å²) in [4.78, 5) is 31.5. The molecule has 1 unspecified atom stereocenters. The first-order valence-corrected chi connectivity index (χ1v) is 13.2. The second-order valence-electron chi connectivity index (χ2n) is 9.74. The van der Waals surface area contributed by atoms with Gasteiger partial charge in [0.1, 0.15) is 24.1 Å². The molecule has 7 nitrogen and oxygen atoms in total. The largest absolute Gasteiger partial charge is 0.497 e. The number of methoxy groups -OCH3 is 2. The second-order valence-corrected chi connectivity index (χ2v) is 10.2. The van der Waals surface area contributed by atoms with Crippen molar-refractivity contribution < 1.29 is 19.1 Å². The number of fused-ring (bicyclic) bond motifs is 3. The fourth-order valence-electron chi connectivity index (χ4n) is 5.37. The average Bonchev–Trinajstić information content (AvgIpc) is 3.69. The third kappa shape index (κ3) is 4.53. The summed E-state index contributed by atoms with van der Waals surface area (Å²) >= 11 is 6.18. The van der Waals surface area contributed by atoms with Crippen LogP contribution in [-0.2, 0) is 4.79 Å². The Bertz CT molecular complexity index is 1560. The summed E-state index contributed by atoms with van der Waals surface area (Å²) in [5.41, 5.74) is 3.82. The predicted molar refractivity (Wildman–Crippen MR) is 150 cm³/mol. The van der Waals surface area contributed by atoms with E-state index in [1.54, 1.807) is 48.3 Å². The Morgan fingerprint density at radius 2 is 1.72 bits per heavy atom. The van der Waals surface area contributed by atoms with E-state index in [0.29, 0.717) is 22.1 Å². The third-order valence-electron chi connectivity index (χ3n) is 7.35. The van der Waals surface area contributed by atoms with Crippen LogP contribution in [0.2, 0.25) is 5.02 Å². The molecule has 0 saturated heterocycles. The zero-order valence-electron chi connectivity index (χ0n) is 21.7. The molecule has 2 aliphatic rings. The number of para-hydroxylation sites is 2. The average molecular weight is 542 g/mol. The molecule has 1 saturated carbocycles. The van der Waals surface area contributed by atoms with Gasteiger partial charge < -0.3 is 18.9 Å². The molecular weight excluding hydrogens is 514 g/mol. The lowest BCUT2D eigenvalue weighted by Gasteiger charge is -2.40. The molecule has 2 amide bonds. The summed E-state index contributed by atoms with van der Waals surface area (Å²) in [7, 11) is 3.23. The molecule has 1 atom stereocenters. The Morgan fingerprint density at radius 1 is 0.923 bits per heavy atom. The highest BCUT2D eigenvalue weighted by Gasteiger charge is 2.41. The number of ether oxygens (including phenoxy) is 2. The number of nitrogens with zero attached hydrogens (tertiary/aromatic N) is 3. The molecule has 3 aromatic carbocycles. The Hall–Kier alpha value is -4.23. The van der Waals surface area contributed by atoms with E-state index in [-0.39, 0.29) is 24.4 Å². The van der Waals surface area contributed by atoms with Crippen LogP contribution in [0, 0.1) is 0 Å². The summed E-state index contributed by atoms with van der Waals surface area (Å²) < 4.78 is 13.4. The van der Waals surface area contributed by atoms with Gasteiger partial charge in [0.05, 0.1) is 31.3 Å². The smallest absolute Gasteiger partial charge is 0.254 e. The van der Waals surface area contributed by atoms with Gasteiger partial charge in [0.2, 0.25) is 5.91 Å². The maximum absolute atomic E-state index is 14.4. The van der Waals surface area contributed by atoms with Gasteiger partial charge in [-0.05, 0) is 73.5 Å². The molecule has 0 bridgehead atoms. The first-order chi connectivity index (χ1) is 19.0. The van der Waals surface area contributed by atoms with Crippen LogP contribution in [0.5, 0.6) is 11.5 Å². The fraction of sp³-hybridized carbons (Fsp3) is 0.226. The molecule has 0 spiro atoms. The highest BCUT2D eigenvalue weighted by atomic mass is 35.5. The Balaban J connectivity index is 1.45. The molecule has 198 valence electrons. The van der Waals surface area contributed by atoms with Crippen molar-refractivity contribution >= 4 is 29.1 Å². The molecule has 0 radical (unpaired) electrons. The van der Waals surface area contributed by atoms with Crippen LogP contribution in [0.15, 0.2) is 85.1 Å². The van der Waals surface area contributed by atoms with Gasteiger partial charge in [0, 0.05) is 28.4 Å². The van der Waals surface area contributed by atoms with Gasteiger partial charge in [-0.1, -0.05) is 29.8 Å². The first kappa shape index (κ1) is 25.1. The van der Waals surface area contributed by atoms with Crippen molar-refractivity contribution in [2.24, 2.45) is 0 Å². The zero-order chi connectivity index (χ0) is 27.1. The van der Waals surface area contributed by atoms with Gasteiger partial charge in [-0.15, -0.1) is 0 Å². The van der Waals surface area contributed by atoms with Crippen LogP contribution >= 0.6 is 11.6 Å². The maximum atomic E-state index is 14.4. The van der Waals surface area contributed by atoms with E-state index < -0.39 is 6.04 Å². The summed E-state index contributed by atoms with van der Waals surface area (Å²) in [6, 6.07) is 23.8. The molecule has 0 N–H and O–H groups in total. The summed E-state index contributed by atoms with van der Waals surface area (Å²) in [5, 5.41) is 0.485. The first-order valence-electron chi connectivity index (χ1n) is 12.9. The number of rotatable bonds is 7. The number of amides is 2. The summed E-state index contributed by atoms with van der Waals surface area (Å²) in [6.45, 7) is -0.0617. The highest BCUT2D eigenvalue weighted by molar-refractivity contribution is 6.31. The number of hydrogen-bond acceptors (Lipinski definition) is 4. The molecular formula is C31H28ClN3O4. The van der Waals surface area contributed by atoms with E-state index in [1.807, 2.05) is 60.8 Å².